The maximum absolute atomic E-state index is 5.23. The van der Waals surface area contributed by atoms with Gasteiger partial charge in [0.1, 0.15) is 0 Å². The summed E-state index contributed by atoms with van der Waals surface area (Å²) in [7, 11) is 0. The van der Waals surface area contributed by atoms with Crippen molar-refractivity contribution < 1.29 is 4.74 Å². The molecule has 0 spiro atoms. The van der Waals surface area contributed by atoms with E-state index in [1.807, 2.05) is 0 Å². The second-order valence-electron chi connectivity index (χ2n) is 3.71. The van der Waals surface area contributed by atoms with Crippen molar-refractivity contribution >= 4 is 0 Å². The van der Waals surface area contributed by atoms with Crippen LogP contribution in [0.3, 0.4) is 0 Å². The van der Waals surface area contributed by atoms with E-state index in [4.69, 9.17) is 4.74 Å². The highest BCUT2D eigenvalue weighted by Gasteiger charge is 2.10. The average molecular weight is 168 g/mol. The summed E-state index contributed by atoms with van der Waals surface area (Å²) in [4.78, 5) is 0. The van der Waals surface area contributed by atoms with Crippen LogP contribution in [0, 0.1) is 5.92 Å². The van der Waals surface area contributed by atoms with Crippen LogP contribution in [0.15, 0.2) is 12.8 Å². The van der Waals surface area contributed by atoms with Gasteiger partial charge in [-0.2, -0.15) is 0 Å². The number of hydrogen-bond acceptors (Lipinski definition) is 1. The molecule has 0 aromatic rings. The second-order valence-corrected chi connectivity index (χ2v) is 3.71. The van der Waals surface area contributed by atoms with Crippen molar-refractivity contribution in [2.24, 2.45) is 5.92 Å². The first-order valence-electron chi connectivity index (χ1n) is 5.16. The molecule has 1 heteroatoms. The fourth-order valence-corrected chi connectivity index (χ4v) is 1.91. The van der Waals surface area contributed by atoms with Crippen LogP contribution < -0.4 is 0 Å². The number of ether oxygens (including phenoxy) is 1. The highest BCUT2D eigenvalue weighted by Crippen LogP contribution is 2.22. The van der Waals surface area contributed by atoms with Gasteiger partial charge in [0, 0.05) is 0 Å². The molecule has 0 amide bonds. The molecule has 1 nitrogen and oxygen atoms in total. The van der Waals surface area contributed by atoms with Crippen LogP contribution in [-0.2, 0) is 4.74 Å². The maximum atomic E-state index is 5.23. The summed E-state index contributed by atoms with van der Waals surface area (Å²) < 4.78 is 5.23. The van der Waals surface area contributed by atoms with Crippen molar-refractivity contribution in [2.75, 3.05) is 6.61 Å². The molecule has 0 aliphatic heterocycles. The number of hydrogen-bond donors (Lipinski definition) is 0. The van der Waals surface area contributed by atoms with Crippen LogP contribution in [0.1, 0.15) is 44.9 Å². The van der Waals surface area contributed by atoms with Crippen LogP contribution in [0.2, 0.25) is 0 Å². The van der Waals surface area contributed by atoms with Gasteiger partial charge in [-0.3, -0.25) is 0 Å². The molecule has 0 saturated heterocycles. The van der Waals surface area contributed by atoms with Crippen molar-refractivity contribution in [1.29, 1.82) is 0 Å². The molecule has 0 N–H and O–H groups in total. The van der Waals surface area contributed by atoms with Crippen molar-refractivity contribution in [3.05, 3.63) is 12.8 Å². The molecule has 0 aromatic carbocycles. The first-order valence-corrected chi connectivity index (χ1v) is 5.16. The van der Waals surface area contributed by atoms with Crippen molar-refractivity contribution in [3.8, 4) is 0 Å². The van der Waals surface area contributed by atoms with E-state index in [0.717, 1.165) is 12.5 Å². The molecule has 12 heavy (non-hydrogen) atoms. The molecule has 1 rings (SSSR count). The van der Waals surface area contributed by atoms with Crippen molar-refractivity contribution in [1.82, 2.24) is 0 Å². The highest BCUT2D eigenvalue weighted by atomic mass is 16.5. The smallest absolute Gasteiger partial charge is 0.0901 e. The van der Waals surface area contributed by atoms with Gasteiger partial charge in [-0.25, -0.2) is 0 Å². The molecular formula is C11H20O. The third-order valence-corrected chi connectivity index (χ3v) is 2.67. The summed E-state index contributed by atoms with van der Waals surface area (Å²) in [5.74, 6) is 0.795. The first-order chi connectivity index (χ1) is 5.93. The molecule has 0 bridgehead atoms. The zero-order valence-corrected chi connectivity index (χ0v) is 7.93. The summed E-state index contributed by atoms with van der Waals surface area (Å²) in [6, 6.07) is 0. The van der Waals surface area contributed by atoms with Gasteiger partial charge in [0.2, 0.25) is 0 Å². The Hall–Kier alpha value is -0.460. The summed E-state index contributed by atoms with van der Waals surface area (Å²) in [6.07, 6.45) is 11.3. The molecule has 1 aliphatic rings. The lowest BCUT2D eigenvalue weighted by Gasteiger charge is -2.18. The standard InChI is InChI=1S/C11H20O/c1-2-12-10-11-8-6-4-3-5-7-9-11/h2,11H,1,3-10H2. The van der Waals surface area contributed by atoms with E-state index in [0.29, 0.717) is 0 Å². The van der Waals surface area contributed by atoms with Gasteiger partial charge in [0.25, 0.3) is 0 Å². The highest BCUT2D eigenvalue weighted by molar-refractivity contribution is 4.64. The van der Waals surface area contributed by atoms with E-state index in [9.17, 15) is 0 Å². The van der Waals surface area contributed by atoms with Crippen molar-refractivity contribution in [2.45, 2.75) is 44.9 Å². The monoisotopic (exact) mass is 168 g/mol. The predicted molar refractivity (Wildman–Crippen MR) is 52.0 cm³/mol. The quantitative estimate of drug-likeness (QED) is 0.586. The third-order valence-electron chi connectivity index (χ3n) is 2.67. The molecule has 1 aliphatic carbocycles. The van der Waals surface area contributed by atoms with E-state index in [2.05, 4.69) is 6.58 Å². The predicted octanol–water partition coefficient (Wildman–Crippen LogP) is 3.51. The Kier molecular flexibility index (Phi) is 4.89. The molecule has 0 heterocycles. The summed E-state index contributed by atoms with van der Waals surface area (Å²) in [5, 5.41) is 0. The molecule has 0 aromatic heterocycles. The van der Waals surface area contributed by atoms with E-state index in [1.54, 1.807) is 6.26 Å². The zero-order chi connectivity index (χ0) is 8.65. The van der Waals surface area contributed by atoms with Gasteiger partial charge in [0.15, 0.2) is 0 Å². The largest absolute Gasteiger partial charge is 0.502 e. The van der Waals surface area contributed by atoms with Crippen LogP contribution in [0.25, 0.3) is 0 Å². The van der Waals surface area contributed by atoms with Gasteiger partial charge >= 0.3 is 0 Å². The van der Waals surface area contributed by atoms with E-state index in [1.165, 1.54) is 44.9 Å². The number of rotatable bonds is 3. The Morgan fingerprint density at radius 1 is 1.08 bits per heavy atom. The van der Waals surface area contributed by atoms with Crippen LogP contribution in [0.4, 0.5) is 0 Å². The minimum atomic E-state index is 0.795. The van der Waals surface area contributed by atoms with Gasteiger partial charge in [-0.1, -0.05) is 38.7 Å². The maximum Gasteiger partial charge on any atom is 0.0901 e. The Balaban J connectivity index is 2.15. The van der Waals surface area contributed by atoms with Crippen LogP contribution in [0.5, 0.6) is 0 Å². The van der Waals surface area contributed by atoms with Gasteiger partial charge < -0.3 is 4.74 Å². The zero-order valence-electron chi connectivity index (χ0n) is 7.93. The Bertz CT molecular complexity index is 112. The molecular weight excluding hydrogens is 148 g/mol. The Morgan fingerprint density at radius 3 is 2.25 bits per heavy atom. The van der Waals surface area contributed by atoms with Crippen LogP contribution in [-0.4, -0.2) is 6.61 Å². The summed E-state index contributed by atoms with van der Waals surface area (Å²) in [6.45, 7) is 4.46. The average Bonchev–Trinajstić information content (AvgIpc) is 2.02. The normalized spacial score (nSPS) is 21.0. The topological polar surface area (TPSA) is 9.23 Å². The van der Waals surface area contributed by atoms with Crippen molar-refractivity contribution in [3.63, 3.8) is 0 Å². The molecule has 70 valence electrons. The fourth-order valence-electron chi connectivity index (χ4n) is 1.91. The van der Waals surface area contributed by atoms with E-state index < -0.39 is 0 Å². The lowest BCUT2D eigenvalue weighted by molar-refractivity contribution is 0.174. The van der Waals surface area contributed by atoms with Gasteiger partial charge in [-0.05, 0) is 18.8 Å². The Labute approximate surface area is 75.8 Å². The Morgan fingerprint density at radius 2 is 1.67 bits per heavy atom. The minimum Gasteiger partial charge on any atom is -0.502 e. The lowest BCUT2D eigenvalue weighted by atomic mass is 9.92. The van der Waals surface area contributed by atoms with Gasteiger partial charge in [0.05, 0.1) is 12.9 Å². The van der Waals surface area contributed by atoms with Gasteiger partial charge in [-0.15, -0.1) is 0 Å². The van der Waals surface area contributed by atoms with Crippen LogP contribution >= 0.6 is 0 Å². The molecule has 0 unspecified atom stereocenters. The summed E-state index contributed by atoms with van der Waals surface area (Å²) in [5.41, 5.74) is 0. The third kappa shape index (κ3) is 3.80. The molecule has 1 saturated carbocycles. The summed E-state index contributed by atoms with van der Waals surface area (Å²) >= 11 is 0. The SMILES string of the molecule is C=COCC1CCCCCCC1. The first kappa shape index (κ1) is 9.63. The fraction of sp³-hybridized carbons (Fsp3) is 0.818. The lowest BCUT2D eigenvalue weighted by Crippen LogP contribution is -2.09. The molecule has 1 fully saturated rings. The molecule has 0 atom stereocenters. The van der Waals surface area contributed by atoms with E-state index >= 15 is 0 Å². The minimum absolute atomic E-state index is 0.795. The second kappa shape index (κ2) is 6.10. The molecule has 0 radical (unpaired) electrons. The van der Waals surface area contributed by atoms with E-state index in [-0.39, 0.29) is 0 Å².